The Labute approximate surface area is 126 Å². The number of carbonyl (C=O) groups is 1. The molecule has 0 N–H and O–H groups in total. The van der Waals surface area contributed by atoms with Crippen LogP contribution in [0.25, 0.3) is 0 Å². The zero-order chi connectivity index (χ0) is 15.2. The minimum absolute atomic E-state index is 0.0691. The van der Waals surface area contributed by atoms with E-state index in [1.165, 1.54) is 18.7 Å². The summed E-state index contributed by atoms with van der Waals surface area (Å²) < 4.78 is 15.9. The van der Waals surface area contributed by atoms with Gasteiger partial charge in [0.05, 0.1) is 26.4 Å². The maximum atomic E-state index is 10.9. The summed E-state index contributed by atoms with van der Waals surface area (Å²) in [6.07, 6.45) is 0.494. The Kier molecular flexibility index (Phi) is 5.21. The number of methoxy groups -OCH3 is 2. The van der Waals surface area contributed by atoms with Crippen molar-refractivity contribution in [2.24, 2.45) is 0 Å². The summed E-state index contributed by atoms with van der Waals surface area (Å²) >= 11 is 1.24. The number of aromatic nitrogens is 2. The molecule has 0 radical (unpaired) electrons. The molecule has 2 aromatic rings. The van der Waals surface area contributed by atoms with Crippen molar-refractivity contribution in [1.82, 2.24) is 10.2 Å². The Morgan fingerprint density at radius 3 is 2.67 bits per heavy atom. The normalized spacial score (nSPS) is 10.4. The third-order valence-electron chi connectivity index (χ3n) is 2.65. The highest BCUT2D eigenvalue weighted by atomic mass is 32.2. The van der Waals surface area contributed by atoms with Crippen molar-refractivity contribution in [3.63, 3.8) is 0 Å². The first-order chi connectivity index (χ1) is 10.1. The number of Topliss-reactive ketones (excluding diaryl/α,β-unsaturated/α-hetero) is 1. The van der Waals surface area contributed by atoms with E-state index in [9.17, 15) is 4.79 Å². The Morgan fingerprint density at radius 1 is 1.24 bits per heavy atom. The van der Waals surface area contributed by atoms with Crippen LogP contribution in [0.4, 0.5) is 0 Å². The van der Waals surface area contributed by atoms with Crippen LogP contribution < -0.4 is 9.47 Å². The van der Waals surface area contributed by atoms with E-state index in [4.69, 9.17) is 13.9 Å². The number of thioether (sulfide) groups is 1. The number of carbonyl (C=O) groups excluding carboxylic acids is 1. The summed E-state index contributed by atoms with van der Waals surface area (Å²) in [6, 6.07) is 5.61. The molecule has 2 rings (SSSR count). The molecule has 0 aliphatic carbocycles. The molecule has 0 saturated carbocycles. The lowest BCUT2D eigenvalue weighted by Gasteiger charge is -2.08. The second kappa shape index (κ2) is 7.12. The van der Waals surface area contributed by atoms with Gasteiger partial charge in [0.15, 0.2) is 11.5 Å². The first-order valence-electron chi connectivity index (χ1n) is 6.28. The van der Waals surface area contributed by atoms with E-state index in [0.717, 1.165) is 5.56 Å². The third kappa shape index (κ3) is 4.22. The lowest BCUT2D eigenvalue weighted by atomic mass is 10.1. The van der Waals surface area contributed by atoms with Crippen LogP contribution in [0.15, 0.2) is 27.8 Å². The standard InChI is InChI=1S/C14H16N2O4S/c1-9(17)8-21-14-16-15-13(20-14)7-10-4-5-11(18-2)12(6-10)19-3/h4-6H,7-8H2,1-3H3. The highest BCUT2D eigenvalue weighted by Crippen LogP contribution is 2.28. The van der Waals surface area contributed by atoms with Crippen LogP contribution in [0.5, 0.6) is 11.5 Å². The maximum Gasteiger partial charge on any atom is 0.277 e. The Hall–Kier alpha value is -2.02. The minimum atomic E-state index is 0.0691. The van der Waals surface area contributed by atoms with Crippen LogP contribution >= 0.6 is 11.8 Å². The van der Waals surface area contributed by atoms with Crippen molar-refractivity contribution in [1.29, 1.82) is 0 Å². The van der Waals surface area contributed by atoms with Crippen molar-refractivity contribution in [2.45, 2.75) is 18.6 Å². The van der Waals surface area contributed by atoms with E-state index in [-0.39, 0.29) is 5.78 Å². The summed E-state index contributed by atoms with van der Waals surface area (Å²) in [5.41, 5.74) is 0.972. The highest BCUT2D eigenvalue weighted by molar-refractivity contribution is 7.99. The topological polar surface area (TPSA) is 74.5 Å². The highest BCUT2D eigenvalue weighted by Gasteiger charge is 2.10. The van der Waals surface area contributed by atoms with Gasteiger partial charge >= 0.3 is 0 Å². The molecule has 0 saturated heterocycles. The number of ketones is 1. The molecule has 7 heteroatoms. The number of hydrogen-bond acceptors (Lipinski definition) is 7. The molecule has 0 unspecified atom stereocenters. The first-order valence-corrected chi connectivity index (χ1v) is 7.26. The predicted molar refractivity (Wildman–Crippen MR) is 78.1 cm³/mol. The van der Waals surface area contributed by atoms with E-state index >= 15 is 0 Å². The predicted octanol–water partition coefficient (Wildman–Crippen LogP) is 2.36. The van der Waals surface area contributed by atoms with Crippen LogP contribution in [-0.4, -0.2) is 36.0 Å². The molecule has 21 heavy (non-hydrogen) atoms. The van der Waals surface area contributed by atoms with Crippen LogP contribution in [0.3, 0.4) is 0 Å². The lowest BCUT2D eigenvalue weighted by Crippen LogP contribution is -1.94. The van der Waals surface area contributed by atoms with E-state index in [1.807, 2.05) is 18.2 Å². The molecule has 0 aliphatic heterocycles. The van der Waals surface area contributed by atoms with Gasteiger partial charge in [-0.05, 0) is 24.6 Å². The van der Waals surface area contributed by atoms with E-state index < -0.39 is 0 Å². The molecule has 6 nitrogen and oxygen atoms in total. The van der Waals surface area contributed by atoms with Gasteiger partial charge in [-0.2, -0.15) is 0 Å². The van der Waals surface area contributed by atoms with Gasteiger partial charge in [0.2, 0.25) is 5.89 Å². The molecule has 0 bridgehead atoms. The molecule has 0 aliphatic rings. The largest absolute Gasteiger partial charge is 0.493 e. The van der Waals surface area contributed by atoms with E-state index in [0.29, 0.717) is 34.8 Å². The fraction of sp³-hybridized carbons (Fsp3) is 0.357. The average Bonchev–Trinajstić information content (AvgIpc) is 2.92. The number of nitrogens with zero attached hydrogens (tertiary/aromatic N) is 2. The lowest BCUT2D eigenvalue weighted by molar-refractivity contribution is -0.114. The summed E-state index contributed by atoms with van der Waals surface area (Å²) in [7, 11) is 3.18. The third-order valence-corrected chi connectivity index (χ3v) is 3.61. The zero-order valence-electron chi connectivity index (χ0n) is 12.1. The van der Waals surface area contributed by atoms with Gasteiger partial charge in [-0.25, -0.2) is 0 Å². The number of hydrogen-bond donors (Lipinski definition) is 0. The number of benzene rings is 1. The molecule has 1 heterocycles. The number of ether oxygens (including phenoxy) is 2. The van der Waals surface area contributed by atoms with Gasteiger partial charge in [0.1, 0.15) is 5.78 Å². The van der Waals surface area contributed by atoms with Crippen LogP contribution in [-0.2, 0) is 11.2 Å². The Balaban J connectivity index is 2.06. The first kappa shape index (κ1) is 15.4. The SMILES string of the molecule is COc1ccc(Cc2nnc(SCC(C)=O)o2)cc1OC. The smallest absolute Gasteiger partial charge is 0.277 e. The zero-order valence-corrected chi connectivity index (χ0v) is 12.9. The molecule has 0 spiro atoms. The monoisotopic (exact) mass is 308 g/mol. The van der Waals surface area contributed by atoms with Gasteiger partial charge in [0, 0.05) is 0 Å². The van der Waals surface area contributed by atoms with Gasteiger partial charge in [-0.3, -0.25) is 4.79 Å². The summed E-state index contributed by atoms with van der Waals surface area (Å²) in [5.74, 6) is 2.22. The van der Waals surface area contributed by atoms with Crippen molar-refractivity contribution in [3.8, 4) is 11.5 Å². The molecule has 1 aromatic heterocycles. The summed E-state index contributed by atoms with van der Waals surface area (Å²) in [4.78, 5) is 10.9. The fourth-order valence-electron chi connectivity index (χ4n) is 1.70. The van der Waals surface area contributed by atoms with E-state index in [1.54, 1.807) is 14.2 Å². The molecule has 1 aromatic carbocycles. The molecule has 0 fully saturated rings. The van der Waals surface area contributed by atoms with Crippen molar-refractivity contribution < 1.29 is 18.7 Å². The van der Waals surface area contributed by atoms with E-state index in [2.05, 4.69) is 10.2 Å². The molecular weight excluding hydrogens is 292 g/mol. The maximum absolute atomic E-state index is 10.9. The molecule has 112 valence electrons. The van der Waals surface area contributed by atoms with Crippen molar-refractivity contribution >= 4 is 17.5 Å². The minimum Gasteiger partial charge on any atom is -0.493 e. The molecular formula is C14H16N2O4S. The molecule has 0 atom stereocenters. The van der Waals surface area contributed by atoms with Crippen LogP contribution in [0.2, 0.25) is 0 Å². The molecule has 0 amide bonds. The van der Waals surface area contributed by atoms with Crippen LogP contribution in [0, 0.1) is 0 Å². The average molecular weight is 308 g/mol. The van der Waals surface area contributed by atoms with Gasteiger partial charge in [-0.15, -0.1) is 10.2 Å². The second-order valence-electron chi connectivity index (χ2n) is 4.32. The second-order valence-corrected chi connectivity index (χ2v) is 5.25. The summed E-state index contributed by atoms with van der Waals surface area (Å²) in [5, 5.41) is 8.27. The Morgan fingerprint density at radius 2 is 2.00 bits per heavy atom. The quantitative estimate of drug-likeness (QED) is 0.727. The fourth-order valence-corrected chi connectivity index (χ4v) is 2.28. The van der Waals surface area contributed by atoms with Crippen molar-refractivity contribution in [3.05, 3.63) is 29.7 Å². The van der Waals surface area contributed by atoms with Crippen molar-refractivity contribution in [2.75, 3.05) is 20.0 Å². The summed E-state index contributed by atoms with van der Waals surface area (Å²) in [6.45, 7) is 1.52. The van der Waals surface area contributed by atoms with Crippen LogP contribution in [0.1, 0.15) is 18.4 Å². The van der Waals surface area contributed by atoms with Gasteiger partial charge < -0.3 is 13.9 Å². The van der Waals surface area contributed by atoms with Gasteiger partial charge in [-0.1, -0.05) is 17.8 Å². The van der Waals surface area contributed by atoms with Gasteiger partial charge in [0.25, 0.3) is 5.22 Å². The Bertz CT molecular complexity index is 627. The number of rotatable bonds is 7.